The standard InChI is InChI=1S/C16H17N3O4S/c20-15-13-5-1-2-6-14(13)16(21)19(15)11-9-18(10-11)24(22,23)12-4-3-7-17-8-12/h1-4,7-8,11,13-14H,5-6,9-10H2/t13-,14-/m0/s1. The Morgan fingerprint density at radius 1 is 1.04 bits per heavy atom. The zero-order valence-corrected chi connectivity index (χ0v) is 13.7. The van der Waals surface area contributed by atoms with Gasteiger partial charge in [0.1, 0.15) is 4.90 Å². The lowest BCUT2D eigenvalue weighted by Gasteiger charge is -2.42. The number of carbonyl (C=O) groups is 2. The lowest BCUT2D eigenvalue weighted by molar-refractivity contribution is -0.145. The van der Waals surface area contributed by atoms with Gasteiger partial charge in [-0.05, 0) is 25.0 Å². The van der Waals surface area contributed by atoms with Crippen LogP contribution in [0.4, 0.5) is 0 Å². The van der Waals surface area contributed by atoms with Crippen LogP contribution in [-0.2, 0) is 19.6 Å². The molecule has 24 heavy (non-hydrogen) atoms. The highest BCUT2D eigenvalue weighted by Crippen LogP contribution is 2.38. The van der Waals surface area contributed by atoms with Gasteiger partial charge >= 0.3 is 0 Å². The van der Waals surface area contributed by atoms with Gasteiger partial charge in [0.15, 0.2) is 0 Å². The Morgan fingerprint density at radius 2 is 1.67 bits per heavy atom. The second kappa shape index (κ2) is 5.49. The summed E-state index contributed by atoms with van der Waals surface area (Å²) in [5.74, 6) is -0.853. The Hall–Kier alpha value is -2.06. The summed E-state index contributed by atoms with van der Waals surface area (Å²) in [6.45, 7) is 0.309. The normalized spacial score (nSPS) is 28.1. The first-order valence-electron chi connectivity index (χ1n) is 7.92. The first-order valence-corrected chi connectivity index (χ1v) is 9.36. The molecule has 1 aromatic rings. The van der Waals surface area contributed by atoms with Crippen molar-refractivity contribution in [2.75, 3.05) is 13.1 Å². The SMILES string of the molecule is O=C1[C@H]2CC=CC[C@@H]2C(=O)N1C1CN(S(=O)(=O)c2cccnc2)C1. The minimum absolute atomic E-state index is 0.125. The molecule has 126 valence electrons. The van der Waals surface area contributed by atoms with Crippen LogP contribution in [0.5, 0.6) is 0 Å². The number of pyridine rings is 1. The number of imide groups is 1. The molecule has 0 aromatic carbocycles. The first kappa shape index (κ1) is 15.5. The molecular weight excluding hydrogens is 330 g/mol. The van der Waals surface area contributed by atoms with Gasteiger partial charge in [0.25, 0.3) is 0 Å². The number of rotatable bonds is 3. The molecule has 0 unspecified atom stereocenters. The number of allylic oxidation sites excluding steroid dienone is 2. The summed E-state index contributed by atoms with van der Waals surface area (Å²) in [5, 5.41) is 0. The van der Waals surface area contributed by atoms with Crippen molar-refractivity contribution in [3.63, 3.8) is 0 Å². The minimum Gasteiger partial charge on any atom is -0.276 e. The van der Waals surface area contributed by atoms with E-state index >= 15 is 0 Å². The highest BCUT2D eigenvalue weighted by atomic mass is 32.2. The molecule has 0 bridgehead atoms. The minimum atomic E-state index is -3.62. The van der Waals surface area contributed by atoms with E-state index in [1.165, 1.54) is 27.7 Å². The molecule has 2 saturated heterocycles. The third-order valence-corrected chi connectivity index (χ3v) is 6.82. The molecule has 8 heteroatoms. The van der Waals surface area contributed by atoms with Gasteiger partial charge in [0.2, 0.25) is 21.8 Å². The Bertz CT molecular complexity index is 789. The molecule has 2 atom stereocenters. The maximum atomic E-state index is 12.5. The number of aromatic nitrogens is 1. The number of hydrogen-bond acceptors (Lipinski definition) is 5. The van der Waals surface area contributed by atoms with Crippen LogP contribution in [0.1, 0.15) is 12.8 Å². The second-order valence-corrected chi connectivity index (χ2v) is 8.30. The number of amides is 2. The molecule has 1 aromatic heterocycles. The molecule has 0 saturated carbocycles. The van der Waals surface area contributed by atoms with Gasteiger partial charge in [-0.15, -0.1) is 0 Å². The number of hydrogen-bond donors (Lipinski definition) is 0. The van der Waals surface area contributed by atoms with Crippen LogP contribution in [0, 0.1) is 11.8 Å². The smallest absolute Gasteiger partial charge is 0.244 e. The molecule has 0 N–H and O–H groups in total. The van der Waals surface area contributed by atoms with Crippen molar-refractivity contribution in [2.45, 2.75) is 23.8 Å². The molecule has 0 radical (unpaired) electrons. The lowest BCUT2D eigenvalue weighted by Crippen LogP contribution is -2.62. The van der Waals surface area contributed by atoms with Crippen LogP contribution < -0.4 is 0 Å². The molecule has 2 aliphatic heterocycles. The van der Waals surface area contributed by atoms with Gasteiger partial charge in [-0.3, -0.25) is 19.5 Å². The van der Waals surface area contributed by atoms with Crippen molar-refractivity contribution >= 4 is 21.8 Å². The van der Waals surface area contributed by atoms with Gasteiger partial charge in [-0.1, -0.05) is 12.2 Å². The van der Waals surface area contributed by atoms with Crippen molar-refractivity contribution in [3.05, 3.63) is 36.7 Å². The fourth-order valence-corrected chi connectivity index (χ4v) is 5.09. The summed E-state index contributed by atoms with van der Waals surface area (Å²) in [6, 6.07) is 2.69. The summed E-state index contributed by atoms with van der Waals surface area (Å²) in [5.41, 5.74) is 0. The van der Waals surface area contributed by atoms with Crippen molar-refractivity contribution in [3.8, 4) is 0 Å². The monoisotopic (exact) mass is 347 g/mol. The highest BCUT2D eigenvalue weighted by Gasteiger charge is 2.53. The average molecular weight is 347 g/mol. The van der Waals surface area contributed by atoms with Crippen LogP contribution in [0.2, 0.25) is 0 Å². The summed E-state index contributed by atoms with van der Waals surface area (Å²) >= 11 is 0. The van der Waals surface area contributed by atoms with Crippen LogP contribution in [0.15, 0.2) is 41.6 Å². The number of sulfonamides is 1. The predicted molar refractivity (Wildman–Crippen MR) is 84.0 cm³/mol. The Balaban J connectivity index is 1.48. The second-order valence-electron chi connectivity index (χ2n) is 6.37. The molecule has 0 spiro atoms. The quantitative estimate of drug-likeness (QED) is 0.584. The summed E-state index contributed by atoms with van der Waals surface area (Å²) in [6.07, 6.45) is 7.88. The topological polar surface area (TPSA) is 87.7 Å². The molecular formula is C16H17N3O4S. The summed E-state index contributed by atoms with van der Waals surface area (Å²) in [7, 11) is -3.62. The molecule has 1 aliphatic carbocycles. The van der Waals surface area contributed by atoms with Gasteiger partial charge in [0.05, 0.1) is 17.9 Å². The van der Waals surface area contributed by atoms with E-state index in [4.69, 9.17) is 0 Å². The third kappa shape index (κ3) is 2.21. The Morgan fingerprint density at radius 3 is 2.21 bits per heavy atom. The van der Waals surface area contributed by atoms with Crippen LogP contribution >= 0.6 is 0 Å². The van der Waals surface area contributed by atoms with Gasteiger partial charge in [-0.25, -0.2) is 8.42 Å². The van der Waals surface area contributed by atoms with Crippen molar-refractivity contribution in [2.24, 2.45) is 11.8 Å². The van der Waals surface area contributed by atoms with E-state index in [-0.39, 0.29) is 47.7 Å². The van der Waals surface area contributed by atoms with Gasteiger partial charge < -0.3 is 0 Å². The van der Waals surface area contributed by atoms with Crippen molar-refractivity contribution in [1.82, 2.24) is 14.2 Å². The number of likely N-dealkylation sites (tertiary alicyclic amines) is 1. The predicted octanol–water partition coefficient (Wildman–Crippen LogP) is 0.406. The van der Waals surface area contributed by atoms with Crippen LogP contribution in [-0.4, -0.2) is 53.6 Å². The van der Waals surface area contributed by atoms with E-state index in [0.717, 1.165) is 0 Å². The fraction of sp³-hybridized carbons (Fsp3) is 0.438. The maximum Gasteiger partial charge on any atom is 0.244 e. The molecule has 2 amide bonds. The number of carbonyl (C=O) groups excluding carboxylic acids is 2. The largest absolute Gasteiger partial charge is 0.276 e. The maximum absolute atomic E-state index is 12.5. The van der Waals surface area contributed by atoms with Gasteiger partial charge in [0, 0.05) is 25.5 Å². The van der Waals surface area contributed by atoms with Crippen molar-refractivity contribution < 1.29 is 18.0 Å². The first-order chi connectivity index (χ1) is 11.5. The van der Waals surface area contributed by atoms with Gasteiger partial charge in [-0.2, -0.15) is 4.31 Å². The Labute approximate surface area is 140 Å². The molecule has 7 nitrogen and oxygen atoms in total. The average Bonchev–Trinajstić information content (AvgIpc) is 2.80. The van der Waals surface area contributed by atoms with Crippen LogP contribution in [0.3, 0.4) is 0 Å². The van der Waals surface area contributed by atoms with E-state index in [2.05, 4.69) is 4.98 Å². The lowest BCUT2D eigenvalue weighted by atomic mass is 9.85. The zero-order valence-electron chi connectivity index (χ0n) is 12.9. The van der Waals surface area contributed by atoms with E-state index in [1.54, 1.807) is 6.07 Å². The van der Waals surface area contributed by atoms with E-state index < -0.39 is 10.0 Å². The third-order valence-electron chi connectivity index (χ3n) is 5.01. The summed E-state index contributed by atoms with van der Waals surface area (Å²) < 4.78 is 26.2. The molecule has 4 rings (SSSR count). The Kier molecular flexibility index (Phi) is 3.54. The molecule has 3 heterocycles. The summed E-state index contributed by atoms with van der Waals surface area (Å²) in [4.78, 5) is 30.3. The van der Waals surface area contributed by atoms with Crippen LogP contribution in [0.25, 0.3) is 0 Å². The van der Waals surface area contributed by atoms with E-state index in [9.17, 15) is 18.0 Å². The van der Waals surface area contributed by atoms with E-state index in [1.807, 2.05) is 12.2 Å². The zero-order chi connectivity index (χ0) is 16.9. The highest BCUT2D eigenvalue weighted by molar-refractivity contribution is 7.89. The molecule has 2 fully saturated rings. The fourth-order valence-electron chi connectivity index (χ4n) is 3.61. The number of fused-ring (bicyclic) bond motifs is 1. The number of nitrogens with zero attached hydrogens (tertiary/aromatic N) is 3. The van der Waals surface area contributed by atoms with Crippen molar-refractivity contribution in [1.29, 1.82) is 0 Å². The molecule has 3 aliphatic rings. The van der Waals surface area contributed by atoms with E-state index in [0.29, 0.717) is 12.8 Å².